The van der Waals surface area contributed by atoms with Crippen LogP contribution in [-0.4, -0.2) is 13.4 Å². The molecular weight excluding hydrogens is 182 g/mol. The first-order chi connectivity index (χ1) is 6.11. The molecule has 5 heteroatoms. The molecule has 0 aliphatic carbocycles. The van der Waals surface area contributed by atoms with Gasteiger partial charge in [-0.1, -0.05) is 0 Å². The Labute approximate surface area is 72.8 Å². The second-order valence-electron chi connectivity index (χ2n) is 2.40. The van der Waals surface area contributed by atoms with Crippen molar-refractivity contribution in [2.75, 3.05) is 7.11 Å². The number of alkyl halides is 2. The number of hydrogen-bond acceptors (Lipinski definition) is 3. The third-order valence-electron chi connectivity index (χ3n) is 1.53. The SMILES string of the molecule is COc1c[c]c2c(c1)OC(F)(F)O2. The van der Waals surface area contributed by atoms with Crippen molar-refractivity contribution in [3.05, 3.63) is 18.2 Å². The van der Waals surface area contributed by atoms with E-state index in [1.54, 1.807) is 0 Å². The van der Waals surface area contributed by atoms with Crippen molar-refractivity contribution < 1.29 is 23.0 Å². The van der Waals surface area contributed by atoms with Gasteiger partial charge in [-0.25, -0.2) is 0 Å². The summed E-state index contributed by atoms with van der Waals surface area (Å²) in [4.78, 5) is 0. The molecule has 0 atom stereocenters. The van der Waals surface area contributed by atoms with Crippen LogP contribution in [0, 0.1) is 6.07 Å². The summed E-state index contributed by atoms with van der Waals surface area (Å²) in [6.07, 6.45) is -3.59. The lowest BCUT2D eigenvalue weighted by Gasteiger charge is -2.04. The summed E-state index contributed by atoms with van der Waals surface area (Å²) in [6, 6.07) is 5.18. The standard InChI is InChI=1S/C8H5F2O3/c1-11-5-2-3-6-7(4-5)13-8(9,10)12-6/h2,4H,1H3. The first-order valence-electron chi connectivity index (χ1n) is 3.46. The highest BCUT2D eigenvalue weighted by Crippen LogP contribution is 2.42. The molecule has 2 rings (SSSR count). The average molecular weight is 187 g/mol. The maximum absolute atomic E-state index is 12.5. The predicted molar refractivity (Wildman–Crippen MR) is 38.0 cm³/mol. The van der Waals surface area contributed by atoms with Crippen molar-refractivity contribution in [3.8, 4) is 17.2 Å². The van der Waals surface area contributed by atoms with Crippen LogP contribution < -0.4 is 14.2 Å². The predicted octanol–water partition coefficient (Wildman–Crippen LogP) is 1.82. The van der Waals surface area contributed by atoms with E-state index in [0.29, 0.717) is 5.75 Å². The van der Waals surface area contributed by atoms with E-state index in [4.69, 9.17) is 4.74 Å². The van der Waals surface area contributed by atoms with Crippen LogP contribution in [0.4, 0.5) is 8.78 Å². The van der Waals surface area contributed by atoms with Gasteiger partial charge in [-0.15, -0.1) is 8.78 Å². The smallest absolute Gasteiger partial charge is 0.497 e. The van der Waals surface area contributed by atoms with E-state index in [9.17, 15) is 8.78 Å². The van der Waals surface area contributed by atoms with Crippen molar-refractivity contribution in [2.24, 2.45) is 0 Å². The van der Waals surface area contributed by atoms with E-state index < -0.39 is 6.29 Å². The molecule has 0 fully saturated rings. The van der Waals surface area contributed by atoms with Crippen molar-refractivity contribution in [2.45, 2.75) is 6.29 Å². The van der Waals surface area contributed by atoms with E-state index in [2.05, 4.69) is 15.5 Å². The lowest BCUT2D eigenvalue weighted by atomic mass is 10.3. The Morgan fingerprint density at radius 3 is 2.92 bits per heavy atom. The minimum Gasteiger partial charge on any atom is -0.497 e. The Morgan fingerprint density at radius 1 is 1.46 bits per heavy atom. The molecule has 13 heavy (non-hydrogen) atoms. The van der Waals surface area contributed by atoms with Crippen LogP contribution in [0.2, 0.25) is 0 Å². The summed E-state index contributed by atoms with van der Waals surface area (Å²) < 4.78 is 38.0. The zero-order valence-electron chi connectivity index (χ0n) is 6.64. The molecule has 1 aromatic carbocycles. The maximum Gasteiger partial charge on any atom is 0.586 e. The average Bonchev–Trinajstić information content (AvgIpc) is 2.36. The number of ether oxygens (including phenoxy) is 3. The molecule has 0 N–H and O–H groups in total. The van der Waals surface area contributed by atoms with E-state index in [-0.39, 0.29) is 11.5 Å². The Kier molecular flexibility index (Phi) is 1.55. The zero-order valence-corrected chi connectivity index (χ0v) is 6.64. The third-order valence-corrected chi connectivity index (χ3v) is 1.53. The fraction of sp³-hybridized carbons (Fsp3) is 0.250. The van der Waals surface area contributed by atoms with Crippen molar-refractivity contribution in [1.29, 1.82) is 0 Å². The van der Waals surface area contributed by atoms with Gasteiger partial charge in [0.25, 0.3) is 0 Å². The van der Waals surface area contributed by atoms with Gasteiger partial charge in [0.1, 0.15) is 5.75 Å². The van der Waals surface area contributed by atoms with Gasteiger partial charge in [-0.05, 0) is 6.07 Å². The van der Waals surface area contributed by atoms with E-state index in [1.165, 1.54) is 19.2 Å². The molecule has 1 aromatic rings. The van der Waals surface area contributed by atoms with Crippen molar-refractivity contribution >= 4 is 0 Å². The van der Waals surface area contributed by atoms with Gasteiger partial charge in [-0.2, -0.15) is 0 Å². The molecular formula is C8H5F2O3. The zero-order chi connectivity index (χ0) is 9.47. The lowest BCUT2D eigenvalue weighted by molar-refractivity contribution is -0.286. The van der Waals surface area contributed by atoms with Crippen LogP contribution in [0.15, 0.2) is 12.1 Å². The van der Waals surface area contributed by atoms with Gasteiger partial charge in [0.15, 0.2) is 11.5 Å². The molecule has 0 bridgehead atoms. The molecule has 1 aliphatic heterocycles. The monoisotopic (exact) mass is 187 g/mol. The lowest BCUT2D eigenvalue weighted by Crippen LogP contribution is -2.25. The second kappa shape index (κ2) is 2.48. The largest absolute Gasteiger partial charge is 0.586 e. The molecule has 3 nitrogen and oxygen atoms in total. The van der Waals surface area contributed by atoms with Crippen LogP contribution in [0.3, 0.4) is 0 Å². The topological polar surface area (TPSA) is 27.7 Å². The third kappa shape index (κ3) is 1.37. The van der Waals surface area contributed by atoms with Gasteiger partial charge in [0, 0.05) is 12.1 Å². The van der Waals surface area contributed by atoms with Crippen LogP contribution in [0.1, 0.15) is 0 Å². The van der Waals surface area contributed by atoms with E-state index in [1.807, 2.05) is 0 Å². The number of halogens is 2. The molecule has 0 unspecified atom stereocenters. The summed E-state index contributed by atoms with van der Waals surface area (Å²) in [5.74, 6) is 0.218. The summed E-state index contributed by atoms with van der Waals surface area (Å²) >= 11 is 0. The Hall–Kier alpha value is -1.52. The fourth-order valence-corrected chi connectivity index (χ4v) is 0.985. The van der Waals surface area contributed by atoms with Gasteiger partial charge in [0.05, 0.1) is 7.11 Å². The first kappa shape index (κ1) is 8.10. The summed E-state index contributed by atoms with van der Waals surface area (Å²) in [7, 11) is 1.42. The van der Waals surface area contributed by atoms with E-state index >= 15 is 0 Å². The molecule has 1 aliphatic rings. The highest BCUT2D eigenvalue weighted by atomic mass is 19.3. The summed E-state index contributed by atoms with van der Waals surface area (Å²) in [5.41, 5.74) is 0. The van der Waals surface area contributed by atoms with Crippen LogP contribution in [0.25, 0.3) is 0 Å². The van der Waals surface area contributed by atoms with Gasteiger partial charge < -0.3 is 14.2 Å². The second-order valence-corrected chi connectivity index (χ2v) is 2.40. The number of hydrogen-bond donors (Lipinski definition) is 0. The van der Waals surface area contributed by atoms with Crippen LogP contribution in [0.5, 0.6) is 17.2 Å². The molecule has 1 heterocycles. The minimum atomic E-state index is -3.59. The summed E-state index contributed by atoms with van der Waals surface area (Å²) in [5, 5.41) is 0. The molecule has 0 saturated heterocycles. The number of benzene rings is 1. The highest BCUT2D eigenvalue weighted by Gasteiger charge is 2.43. The molecule has 1 radical (unpaired) electrons. The van der Waals surface area contributed by atoms with Crippen molar-refractivity contribution in [3.63, 3.8) is 0 Å². The van der Waals surface area contributed by atoms with Crippen molar-refractivity contribution in [1.82, 2.24) is 0 Å². The maximum atomic E-state index is 12.5. The van der Waals surface area contributed by atoms with Gasteiger partial charge in [0.2, 0.25) is 0 Å². The van der Waals surface area contributed by atoms with E-state index in [0.717, 1.165) is 0 Å². The molecule has 0 saturated carbocycles. The normalized spacial score (nSPS) is 17.2. The number of methoxy groups -OCH3 is 1. The Bertz CT molecular complexity index is 338. The summed E-state index contributed by atoms with van der Waals surface area (Å²) in [6.45, 7) is 0. The Balaban J connectivity index is 2.36. The quantitative estimate of drug-likeness (QED) is 0.671. The minimum absolute atomic E-state index is 0.0654. The molecule has 0 amide bonds. The number of fused-ring (bicyclic) bond motifs is 1. The molecule has 0 spiro atoms. The van der Waals surface area contributed by atoms with Gasteiger partial charge >= 0.3 is 6.29 Å². The van der Waals surface area contributed by atoms with Crippen LogP contribution in [-0.2, 0) is 0 Å². The van der Waals surface area contributed by atoms with Gasteiger partial charge in [-0.3, -0.25) is 0 Å². The first-order valence-corrected chi connectivity index (χ1v) is 3.46. The molecule has 0 aromatic heterocycles. The fourth-order valence-electron chi connectivity index (χ4n) is 0.985. The Morgan fingerprint density at radius 2 is 2.23 bits per heavy atom. The van der Waals surface area contributed by atoms with Crippen LogP contribution >= 0.6 is 0 Å². The molecule has 69 valence electrons. The number of rotatable bonds is 1. The highest BCUT2D eigenvalue weighted by molar-refractivity contribution is 5.46.